The molecule has 4 nitrogen and oxygen atoms in total. The number of nitrogens with one attached hydrogen (secondary N) is 1. The molecule has 0 bridgehead atoms. The number of rotatable bonds is 2. The van der Waals surface area contributed by atoms with Crippen molar-refractivity contribution >= 4 is 5.91 Å². The second-order valence-electron chi connectivity index (χ2n) is 1.43. The van der Waals surface area contributed by atoms with E-state index in [1.807, 2.05) is 5.43 Å². The van der Waals surface area contributed by atoms with Crippen LogP contribution in [0, 0.1) is 0 Å². The first-order valence-electron chi connectivity index (χ1n) is 2.41. The summed E-state index contributed by atoms with van der Waals surface area (Å²) in [4.78, 5) is 10.3. The molecule has 0 aliphatic heterocycles. The Balaban J connectivity index is 3.46. The van der Waals surface area contributed by atoms with Crippen LogP contribution in [-0.4, -0.2) is 17.1 Å². The van der Waals surface area contributed by atoms with Gasteiger partial charge in [0, 0.05) is 0 Å². The third-order valence-corrected chi connectivity index (χ3v) is 0.832. The average molecular weight is 118 g/mol. The number of carbonyl (C=O) groups excluding carboxylic acids is 1. The summed E-state index contributed by atoms with van der Waals surface area (Å²) in [6.45, 7) is 1.69. The van der Waals surface area contributed by atoms with Crippen molar-refractivity contribution in [2.24, 2.45) is 5.84 Å². The van der Waals surface area contributed by atoms with Crippen LogP contribution < -0.4 is 11.3 Å². The van der Waals surface area contributed by atoms with Crippen LogP contribution in [0.4, 0.5) is 0 Å². The number of hydrogen-bond acceptors (Lipinski definition) is 3. The van der Waals surface area contributed by atoms with E-state index in [2.05, 4.69) is 5.84 Å². The largest absolute Gasteiger partial charge is 0.383 e. The lowest BCUT2D eigenvalue weighted by Gasteiger charge is -2.02. The quantitative estimate of drug-likeness (QED) is 0.241. The SMILES string of the molecule is CCC(O)C(=O)NN. The number of aliphatic hydroxyl groups excluding tert-OH is 1. The van der Waals surface area contributed by atoms with E-state index in [-0.39, 0.29) is 0 Å². The van der Waals surface area contributed by atoms with Gasteiger partial charge in [0.2, 0.25) is 0 Å². The number of carbonyl (C=O) groups is 1. The zero-order valence-corrected chi connectivity index (χ0v) is 4.72. The molecule has 0 heterocycles. The summed E-state index contributed by atoms with van der Waals surface area (Å²) in [7, 11) is 0. The van der Waals surface area contributed by atoms with E-state index < -0.39 is 12.0 Å². The van der Waals surface area contributed by atoms with Crippen molar-refractivity contribution in [2.45, 2.75) is 19.4 Å². The summed E-state index contributed by atoms with van der Waals surface area (Å²) in [5, 5.41) is 8.63. The van der Waals surface area contributed by atoms with Gasteiger partial charge in [-0.25, -0.2) is 5.84 Å². The molecule has 0 aromatic heterocycles. The highest BCUT2D eigenvalue weighted by Crippen LogP contribution is 1.86. The number of hydrogen-bond donors (Lipinski definition) is 3. The molecule has 0 saturated carbocycles. The number of nitrogens with two attached hydrogens (primary N) is 1. The van der Waals surface area contributed by atoms with Crippen molar-refractivity contribution in [1.82, 2.24) is 5.43 Å². The minimum Gasteiger partial charge on any atom is -0.383 e. The fraction of sp³-hybridized carbons (Fsp3) is 0.750. The minimum absolute atomic E-state index is 0.392. The van der Waals surface area contributed by atoms with E-state index in [0.717, 1.165) is 0 Å². The van der Waals surface area contributed by atoms with E-state index in [9.17, 15) is 4.79 Å². The molecule has 0 radical (unpaired) electrons. The van der Waals surface area contributed by atoms with Gasteiger partial charge in [-0.15, -0.1) is 0 Å². The number of amides is 1. The Hall–Kier alpha value is -0.610. The van der Waals surface area contributed by atoms with Crippen LogP contribution in [0.25, 0.3) is 0 Å². The smallest absolute Gasteiger partial charge is 0.262 e. The molecule has 0 rings (SSSR count). The monoisotopic (exact) mass is 118 g/mol. The molecule has 1 atom stereocenters. The van der Waals surface area contributed by atoms with E-state index in [1.165, 1.54) is 0 Å². The Morgan fingerprint density at radius 2 is 2.50 bits per heavy atom. The van der Waals surface area contributed by atoms with Crippen LogP contribution in [0.5, 0.6) is 0 Å². The van der Waals surface area contributed by atoms with Gasteiger partial charge in [-0.2, -0.15) is 0 Å². The van der Waals surface area contributed by atoms with Gasteiger partial charge in [0.05, 0.1) is 0 Å². The van der Waals surface area contributed by atoms with Crippen LogP contribution in [0.2, 0.25) is 0 Å². The van der Waals surface area contributed by atoms with Crippen LogP contribution in [0.1, 0.15) is 13.3 Å². The minimum atomic E-state index is -0.958. The molecular formula is C4H10N2O2. The summed E-state index contributed by atoms with van der Waals surface area (Å²) in [6.07, 6.45) is -0.566. The van der Waals surface area contributed by atoms with Crippen molar-refractivity contribution in [3.63, 3.8) is 0 Å². The van der Waals surface area contributed by atoms with E-state index >= 15 is 0 Å². The zero-order valence-electron chi connectivity index (χ0n) is 4.72. The third-order valence-electron chi connectivity index (χ3n) is 0.832. The first-order chi connectivity index (χ1) is 3.72. The Labute approximate surface area is 47.6 Å². The van der Waals surface area contributed by atoms with Gasteiger partial charge >= 0.3 is 0 Å². The van der Waals surface area contributed by atoms with Crippen molar-refractivity contribution in [3.8, 4) is 0 Å². The Morgan fingerprint density at radius 1 is 2.00 bits per heavy atom. The number of aliphatic hydroxyl groups is 1. The molecule has 0 aliphatic carbocycles. The Morgan fingerprint density at radius 3 is 2.62 bits per heavy atom. The Kier molecular flexibility index (Phi) is 3.14. The van der Waals surface area contributed by atoms with Gasteiger partial charge in [0.1, 0.15) is 6.10 Å². The second kappa shape index (κ2) is 3.40. The van der Waals surface area contributed by atoms with Crippen LogP contribution >= 0.6 is 0 Å². The third kappa shape index (κ3) is 1.90. The van der Waals surface area contributed by atoms with E-state index in [4.69, 9.17) is 5.11 Å². The first-order valence-corrected chi connectivity index (χ1v) is 2.41. The molecule has 48 valence electrons. The molecular weight excluding hydrogens is 108 g/mol. The fourth-order valence-electron chi connectivity index (χ4n) is 0.282. The lowest BCUT2D eigenvalue weighted by molar-refractivity contribution is -0.129. The van der Waals surface area contributed by atoms with Gasteiger partial charge in [0.15, 0.2) is 0 Å². The summed E-state index contributed by atoms with van der Waals surface area (Å²) in [5.41, 5.74) is 1.83. The maximum atomic E-state index is 10.3. The Bertz CT molecular complexity index is 84.1. The maximum absolute atomic E-state index is 10.3. The van der Waals surface area contributed by atoms with Gasteiger partial charge < -0.3 is 5.11 Å². The molecule has 0 fully saturated rings. The molecule has 0 aliphatic rings. The molecule has 1 amide bonds. The average Bonchev–Trinajstić information content (AvgIpc) is 1.84. The zero-order chi connectivity index (χ0) is 6.57. The molecule has 0 aromatic carbocycles. The van der Waals surface area contributed by atoms with E-state index in [1.54, 1.807) is 6.92 Å². The first kappa shape index (κ1) is 7.39. The van der Waals surface area contributed by atoms with Gasteiger partial charge in [-0.1, -0.05) is 6.92 Å². The lowest BCUT2D eigenvalue weighted by Crippen LogP contribution is -2.38. The summed E-state index contributed by atoms with van der Waals surface area (Å²) >= 11 is 0. The summed E-state index contributed by atoms with van der Waals surface area (Å²) < 4.78 is 0. The maximum Gasteiger partial charge on any atom is 0.262 e. The highest BCUT2D eigenvalue weighted by atomic mass is 16.3. The number of hydrazine groups is 1. The molecule has 0 spiro atoms. The highest BCUT2D eigenvalue weighted by molar-refractivity contribution is 5.79. The standard InChI is InChI=1S/C4H10N2O2/c1-2-3(7)4(8)6-5/h3,7H,2,5H2,1H3,(H,6,8). The van der Waals surface area contributed by atoms with Crippen molar-refractivity contribution in [3.05, 3.63) is 0 Å². The predicted octanol–water partition coefficient (Wildman–Crippen LogP) is -1.25. The van der Waals surface area contributed by atoms with E-state index in [0.29, 0.717) is 6.42 Å². The molecule has 0 saturated heterocycles. The van der Waals surface area contributed by atoms with Crippen molar-refractivity contribution in [1.29, 1.82) is 0 Å². The molecule has 4 heteroatoms. The normalized spacial score (nSPS) is 12.9. The second-order valence-corrected chi connectivity index (χ2v) is 1.43. The van der Waals surface area contributed by atoms with Crippen LogP contribution in [0.15, 0.2) is 0 Å². The topological polar surface area (TPSA) is 75.3 Å². The highest BCUT2D eigenvalue weighted by Gasteiger charge is 2.08. The summed E-state index contributed by atoms with van der Waals surface area (Å²) in [5.74, 6) is 4.15. The molecule has 1 unspecified atom stereocenters. The van der Waals surface area contributed by atoms with Crippen molar-refractivity contribution in [2.75, 3.05) is 0 Å². The van der Waals surface area contributed by atoms with Gasteiger partial charge in [-0.3, -0.25) is 10.2 Å². The lowest BCUT2D eigenvalue weighted by atomic mass is 10.3. The van der Waals surface area contributed by atoms with Crippen LogP contribution in [0.3, 0.4) is 0 Å². The van der Waals surface area contributed by atoms with Gasteiger partial charge in [-0.05, 0) is 6.42 Å². The molecule has 0 aromatic rings. The fourth-order valence-corrected chi connectivity index (χ4v) is 0.282. The summed E-state index contributed by atoms with van der Waals surface area (Å²) in [6, 6.07) is 0. The predicted molar refractivity (Wildman–Crippen MR) is 28.6 cm³/mol. The van der Waals surface area contributed by atoms with Crippen molar-refractivity contribution < 1.29 is 9.90 Å². The molecule has 8 heavy (non-hydrogen) atoms. The molecule has 4 N–H and O–H groups in total. The van der Waals surface area contributed by atoms with Crippen LogP contribution in [-0.2, 0) is 4.79 Å². The van der Waals surface area contributed by atoms with Gasteiger partial charge in [0.25, 0.3) is 5.91 Å².